The van der Waals surface area contributed by atoms with Crippen molar-refractivity contribution in [3.05, 3.63) is 69.2 Å². The Morgan fingerprint density at radius 2 is 1.46 bits per heavy atom. The van der Waals surface area contributed by atoms with E-state index >= 15 is 0 Å². The molecule has 0 saturated heterocycles. The van der Waals surface area contributed by atoms with Crippen molar-refractivity contribution >= 4 is 40.9 Å². The Morgan fingerprint density at radius 1 is 0.864 bits per heavy atom. The van der Waals surface area contributed by atoms with Crippen molar-refractivity contribution in [2.45, 2.75) is 105 Å². The van der Waals surface area contributed by atoms with Crippen LogP contribution >= 0.6 is 0 Å². The first-order chi connectivity index (χ1) is 27.3. The minimum atomic E-state index is -2.26. The molecule has 0 radical (unpaired) electrons. The van der Waals surface area contributed by atoms with Crippen molar-refractivity contribution < 1.29 is 78.3 Å². The second-order valence-electron chi connectivity index (χ2n) is 15.6. The molecule has 3 heterocycles. The minimum absolute atomic E-state index is 0.00133. The number of aliphatic hydroxyl groups is 5. The van der Waals surface area contributed by atoms with Gasteiger partial charge in [-0.3, -0.25) is 24.0 Å². The first-order valence-electron chi connectivity index (χ1n) is 18.8. The van der Waals surface area contributed by atoms with Gasteiger partial charge in [-0.2, -0.15) is 0 Å². The molecule has 17 nitrogen and oxygen atoms in total. The molecule has 5 rings (SSSR count). The topological polar surface area (TPSA) is 265 Å². The molecule has 322 valence electrons. The van der Waals surface area contributed by atoms with E-state index in [-0.39, 0.29) is 61.9 Å². The number of ether oxygens (including phenoxy) is 5. The molecule has 1 aromatic carbocycles. The van der Waals surface area contributed by atoms with Crippen LogP contribution in [0.25, 0.3) is 5.57 Å². The normalized spacial score (nSPS) is 31.2. The van der Waals surface area contributed by atoms with Gasteiger partial charge in [-0.1, -0.05) is 32.1 Å². The summed E-state index contributed by atoms with van der Waals surface area (Å²) in [6.45, 7) is 12.5. The van der Waals surface area contributed by atoms with Gasteiger partial charge in [0, 0.05) is 48.0 Å². The Hall–Kier alpha value is -5.33. The molecule has 0 fully saturated rings. The first-order valence-corrected chi connectivity index (χ1v) is 18.8. The van der Waals surface area contributed by atoms with Gasteiger partial charge < -0.3 is 59.6 Å². The number of amides is 1. The van der Waals surface area contributed by atoms with E-state index in [1.807, 2.05) is 0 Å². The zero-order chi connectivity index (χ0) is 44.6. The highest BCUT2D eigenvalue weighted by Crippen LogP contribution is 2.53. The van der Waals surface area contributed by atoms with Gasteiger partial charge in [0.25, 0.3) is 5.91 Å². The second kappa shape index (κ2) is 17.5. The summed E-state index contributed by atoms with van der Waals surface area (Å²) >= 11 is 0. The van der Waals surface area contributed by atoms with Gasteiger partial charge in [-0.05, 0) is 53.2 Å². The number of carbonyl (C=O) groups is 5. The lowest BCUT2D eigenvalue weighted by Crippen LogP contribution is -2.55. The fourth-order valence-electron chi connectivity index (χ4n) is 7.66. The minimum Gasteiger partial charge on any atom is -0.505 e. The van der Waals surface area contributed by atoms with Crippen LogP contribution in [0.15, 0.2) is 52.5 Å². The van der Waals surface area contributed by atoms with Crippen molar-refractivity contribution in [3.63, 3.8) is 0 Å². The van der Waals surface area contributed by atoms with Crippen LogP contribution in [-0.4, -0.2) is 110 Å². The number of carbonyl (C=O) groups excluding carboxylic acids is 5. The van der Waals surface area contributed by atoms with Gasteiger partial charge in [0.15, 0.2) is 11.5 Å². The molecular weight excluding hydrogens is 774 g/mol. The van der Waals surface area contributed by atoms with E-state index in [0.29, 0.717) is 0 Å². The van der Waals surface area contributed by atoms with Crippen molar-refractivity contribution in [3.8, 4) is 11.5 Å². The summed E-state index contributed by atoms with van der Waals surface area (Å²) < 4.78 is 27.9. The average molecular weight is 828 g/mol. The molecule has 0 spiro atoms. The van der Waals surface area contributed by atoms with Gasteiger partial charge in [0.1, 0.15) is 40.5 Å². The van der Waals surface area contributed by atoms with Gasteiger partial charge in [0.05, 0.1) is 42.2 Å². The number of methoxy groups -OCH3 is 1. The molecule has 1 aromatic rings. The molecule has 1 aliphatic carbocycles. The maximum atomic E-state index is 14.0. The van der Waals surface area contributed by atoms with Crippen LogP contribution in [0.3, 0.4) is 0 Å². The van der Waals surface area contributed by atoms with E-state index < -0.39 is 95.5 Å². The quantitative estimate of drug-likeness (QED) is 0.131. The Morgan fingerprint density at radius 3 is 2.03 bits per heavy atom. The lowest BCUT2D eigenvalue weighted by Gasteiger charge is -2.41. The lowest BCUT2D eigenvalue weighted by atomic mass is 9.74. The smallest absolute Gasteiger partial charge is 0.315 e. The number of fused-ring (bicyclic) bond motifs is 14. The summed E-state index contributed by atoms with van der Waals surface area (Å²) in [7, 11) is 1.01. The number of aliphatic hydroxyl groups excluding tert-OH is 3. The lowest BCUT2D eigenvalue weighted by molar-refractivity contribution is -0.183. The molecule has 7 N–H and O–H groups in total. The Balaban J connectivity index is 2.12. The molecule has 0 saturated carbocycles. The SMILES string of the molecule is COC(=O)[C@@H]1[C@H](O)[C@H](C)[C@H](O)[C@@](C)(O)/C=C\C=C(C)C(=O)Nc2c(C)c(OC(C)=O)c3c(c2O)C(=O)C(C)=C2OCOC(=C23)C(C)=C[C@@](C)(O)[C@H](O)[C@@H](C)[C@H]1OC(C)=O. The number of anilines is 1. The Labute approximate surface area is 341 Å². The summed E-state index contributed by atoms with van der Waals surface area (Å²) in [5.74, 6) is -9.89. The highest BCUT2D eigenvalue weighted by Gasteiger charge is 2.50. The van der Waals surface area contributed by atoms with Gasteiger partial charge in [-0.25, -0.2) is 0 Å². The van der Waals surface area contributed by atoms with Gasteiger partial charge in [0.2, 0.25) is 6.79 Å². The maximum Gasteiger partial charge on any atom is 0.315 e. The summed E-state index contributed by atoms with van der Waals surface area (Å²) in [5.41, 5.74) is -5.03. The number of ketones is 1. The van der Waals surface area contributed by atoms with E-state index in [9.17, 15) is 54.6 Å². The summed E-state index contributed by atoms with van der Waals surface area (Å²) in [6, 6.07) is 0. The number of esters is 3. The molecule has 4 aliphatic rings. The molecule has 0 unspecified atom stereocenters. The van der Waals surface area contributed by atoms with E-state index in [0.717, 1.165) is 27.0 Å². The number of phenols is 1. The standard InChI is InChI=1S/C42H53NO16/c1-17-13-12-14-41(9,53)37(49)21(5)31(47)28(40(52)55-11)36(59-24(8)45)22(6)38(50)42(10,54)15-18(2)33-27-25-26(30(46)20(4)34(27)57-16-56-33)32(48)29(43-39(17)51)19(3)35(25)58-23(7)44/h12-15,21-22,28,31,36-38,47-50,53-54H,16H2,1-11H3,(H,43,51)/b14-12-,17-13?,18-15?/t21-,22-,28+,31+,36+,37-,38+,41-,42+/m0/s1. The van der Waals surface area contributed by atoms with Crippen LogP contribution in [0.1, 0.15) is 83.8 Å². The average Bonchev–Trinajstić information content (AvgIpc) is 3.16. The van der Waals surface area contributed by atoms with Crippen LogP contribution in [0.5, 0.6) is 11.5 Å². The van der Waals surface area contributed by atoms with Crippen LogP contribution in [0, 0.1) is 24.7 Å². The number of phenolic OH excluding ortho intramolecular Hbond substituents is 1. The van der Waals surface area contributed by atoms with E-state index in [2.05, 4.69) is 5.32 Å². The number of hydrogen-bond donors (Lipinski definition) is 7. The molecule has 3 aliphatic heterocycles. The second-order valence-corrected chi connectivity index (χ2v) is 15.6. The van der Waals surface area contributed by atoms with E-state index in [1.165, 1.54) is 73.6 Å². The number of Topliss-reactive ketones (excluding diaryl/α,β-unsaturated/α-hetero) is 1. The zero-order valence-corrected chi connectivity index (χ0v) is 34.8. The molecule has 17 heteroatoms. The number of rotatable bonds is 3. The van der Waals surface area contributed by atoms with Gasteiger partial charge in [-0.15, -0.1) is 0 Å². The number of nitrogens with one attached hydrogen (secondary N) is 1. The number of hydrogen-bond acceptors (Lipinski definition) is 16. The zero-order valence-electron chi connectivity index (χ0n) is 34.8. The molecule has 59 heavy (non-hydrogen) atoms. The van der Waals surface area contributed by atoms with Crippen molar-refractivity contribution in [1.82, 2.24) is 0 Å². The molecule has 4 bridgehead atoms. The van der Waals surface area contributed by atoms with Crippen molar-refractivity contribution in [2.75, 3.05) is 19.2 Å². The maximum absolute atomic E-state index is 14.0. The largest absolute Gasteiger partial charge is 0.505 e. The van der Waals surface area contributed by atoms with Crippen molar-refractivity contribution in [2.24, 2.45) is 17.8 Å². The molecule has 0 aromatic heterocycles. The van der Waals surface area contributed by atoms with Crippen molar-refractivity contribution in [1.29, 1.82) is 0 Å². The van der Waals surface area contributed by atoms with Crippen LogP contribution in [-0.2, 0) is 38.1 Å². The van der Waals surface area contributed by atoms with Crippen LogP contribution < -0.4 is 10.1 Å². The summed E-state index contributed by atoms with van der Waals surface area (Å²) in [4.78, 5) is 66.1. The summed E-state index contributed by atoms with van der Waals surface area (Å²) in [6.07, 6.45) is -2.49. The van der Waals surface area contributed by atoms with E-state index in [1.54, 1.807) is 0 Å². The molecule has 1 amide bonds. The molecule has 9 atom stereocenters. The number of aromatic hydroxyl groups is 1. The monoisotopic (exact) mass is 827 g/mol. The molecular formula is C42H53NO16. The van der Waals surface area contributed by atoms with E-state index in [4.69, 9.17) is 23.7 Å². The third-order valence-corrected chi connectivity index (χ3v) is 10.9. The summed E-state index contributed by atoms with van der Waals surface area (Å²) in [5, 5.41) is 72.5. The predicted molar refractivity (Wildman–Crippen MR) is 209 cm³/mol. The highest BCUT2D eigenvalue weighted by atomic mass is 16.7. The third-order valence-electron chi connectivity index (χ3n) is 10.9. The fraction of sp³-hybridized carbons (Fsp3) is 0.500. The Kier molecular flexibility index (Phi) is 13.7. The van der Waals surface area contributed by atoms with Gasteiger partial charge >= 0.3 is 17.9 Å². The first kappa shape index (κ1) is 46.4. The predicted octanol–water partition coefficient (Wildman–Crippen LogP) is 2.79. The number of benzene rings is 1. The van der Waals surface area contributed by atoms with Crippen LogP contribution in [0.2, 0.25) is 0 Å². The third kappa shape index (κ3) is 8.99. The highest BCUT2D eigenvalue weighted by molar-refractivity contribution is 6.21. The Bertz CT molecular complexity index is 2090. The van der Waals surface area contributed by atoms with Crippen LogP contribution in [0.4, 0.5) is 5.69 Å². The number of allylic oxidation sites excluding steroid dienone is 5. The fourth-order valence-corrected chi connectivity index (χ4v) is 7.66.